The average Bonchev–Trinajstić information content (AvgIpc) is 3.04. The fraction of sp³-hybridized carbons (Fsp3) is 0.167. The van der Waals surface area contributed by atoms with Crippen molar-refractivity contribution in [3.05, 3.63) is 65.1 Å². The summed E-state index contributed by atoms with van der Waals surface area (Å²) in [6.07, 6.45) is 0. The van der Waals surface area contributed by atoms with Crippen molar-refractivity contribution in [3.8, 4) is 11.3 Å². The molecule has 0 unspecified atom stereocenters. The van der Waals surface area contributed by atoms with E-state index in [0.29, 0.717) is 33.5 Å². The number of nitrogens with one attached hydrogen (secondary N) is 1. The molecule has 26 heavy (non-hydrogen) atoms. The highest BCUT2D eigenvalue weighted by Gasteiger charge is 2.22. The summed E-state index contributed by atoms with van der Waals surface area (Å²) in [4.78, 5) is 12.9. The van der Waals surface area contributed by atoms with Gasteiger partial charge in [-0.05, 0) is 48.2 Å². The first-order valence-corrected chi connectivity index (χ1v) is 9.46. The van der Waals surface area contributed by atoms with Crippen molar-refractivity contribution in [2.24, 2.45) is 0 Å². The predicted octanol–water partition coefficient (Wildman–Crippen LogP) is 4.70. The molecule has 0 spiro atoms. The fourth-order valence-corrected chi connectivity index (χ4v) is 3.09. The van der Waals surface area contributed by atoms with Gasteiger partial charge >= 0.3 is 0 Å². The molecule has 1 amide bonds. The number of thioether (sulfide) groups is 1. The number of hydrogen-bond donors (Lipinski definition) is 1. The second kappa shape index (κ2) is 8.33. The van der Waals surface area contributed by atoms with Crippen molar-refractivity contribution in [2.45, 2.75) is 12.8 Å². The van der Waals surface area contributed by atoms with E-state index in [9.17, 15) is 9.18 Å². The zero-order valence-electron chi connectivity index (χ0n) is 13.9. The number of hydrogen-bond acceptors (Lipinski definition) is 4. The normalized spacial score (nSPS) is 10.7. The van der Waals surface area contributed by atoms with Gasteiger partial charge in [0, 0.05) is 16.3 Å². The van der Waals surface area contributed by atoms with Crippen LogP contribution in [0.2, 0.25) is 5.02 Å². The number of benzene rings is 2. The summed E-state index contributed by atoms with van der Waals surface area (Å²) in [6, 6.07) is 12.7. The van der Waals surface area contributed by atoms with Crippen LogP contribution in [0.1, 0.15) is 17.4 Å². The number of amides is 1. The van der Waals surface area contributed by atoms with Gasteiger partial charge in [-0.1, -0.05) is 29.8 Å². The quantitative estimate of drug-likeness (QED) is 0.662. The van der Waals surface area contributed by atoms with Crippen LogP contribution in [0.4, 0.5) is 10.1 Å². The highest BCUT2D eigenvalue weighted by Crippen LogP contribution is 2.24. The molecule has 0 saturated heterocycles. The largest absolute Gasteiger partial charge is 0.321 e. The molecule has 0 bridgehead atoms. The monoisotopic (exact) mass is 390 g/mol. The van der Waals surface area contributed by atoms with Crippen LogP contribution in [-0.2, 0) is 5.88 Å². The van der Waals surface area contributed by atoms with E-state index in [4.69, 9.17) is 11.6 Å². The van der Waals surface area contributed by atoms with Gasteiger partial charge in [0.25, 0.3) is 5.91 Å². The van der Waals surface area contributed by atoms with Crippen LogP contribution in [0.3, 0.4) is 0 Å². The lowest BCUT2D eigenvalue weighted by molar-refractivity contribution is 0.101. The van der Waals surface area contributed by atoms with E-state index in [0.717, 1.165) is 5.75 Å². The number of nitrogens with zero attached hydrogens (tertiary/aromatic N) is 3. The van der Waals surface area contributed by atoms with Gasteiger partial charge in [0.15, 0.2) is 5.69 Å². The van der Waals surface area contributed by atoms with Crippen LogP contribution < -0.4 is 5.32 Å². The fourth-order valence-electron chi connectivity index (χ4n) is 2.36. The molecule has 8 heteroatoms. The smallest absolute Gasteiger partial charge is 0.276 e. The van der Waals surface area contributed by atoms with E-state index in [1.54, 1.807) is 52.8 Å². The van der Waals surface area contributed by atoms with E-state index >= 15 is 0 Å². The van der Waals surface area contributed by atoms with Gasteiger partial charge < -0.3 is 5.32 Å². The van der Waals surface area contributed by atoms with Crippen molar-refractivity contribution in [3.63, 3.8) is 0 Å². The van der Waals surface area contributed by atoms with Gasteiger partial charge in [0.1, 0.15) is 11.5 Å². The number of halogens is 2. The molecule has 1 aromatic heterocycles. The maximum atomic E-state index is 13.2. The molecule has 1 heterocycles. The average molecular weight is 391 g/mol. The molecule has 0 radical (unpaired) electrons. The summed E-state index contributed by atoms with van der Waals surface area (Å²) in [6.45, 7) is 2.02. The lowest BCUT2D eigenvalue weighted by Gasteiger charge is -2.09. The van der Waals surface area contributed by atoms with Gasteiger partial charge in [-0.25, -0.2) is 9.07 Å². The zero-order chi connectivity index (χ0) is 18.5. The Kier molecular flexibility index (Phi) is 5.90. The minimum Gasteiger partial charge on any atom is -0.321 e. The maximum absolute atomic E-state index is 13.2. The second-order valence-electron chi connectivity index (χ2n) is 5.38. The highest BCUT2D eigenvalue weighted by molar-refractivity contribution is 7.98. The molecule has 3 rings (SSSR count). The number of anilines is 1. The molecule has 0 aliphatic rings. The van der Waals surface area contributed by atoms with E-state index in [-0.39, 0.29) is 11.7 Å². The van der Waals surface area contributed by atoms with Crippen LogP contribution >= 0.6 is 23.4 Å². The van der Waals surface area contributed by atoms with Gasteiger partial charge in [-0.2, -0.15) is 0 Å². The molecular weight excluding hydrogens is 375 g/mol. The van der Waals surface area contributed by atoms with Crippen LogP contribution in [0.25, 0.3) is 11.3 Å². The molecule has 0 saturated carbocycles. The molecular formula is C18H16ClFN4OS. The van der Waals surface area contributed by atoms with Crippen molar-refractivity contribution < 1.29 is 9.18 Å². The first kappa shape index (κ1) is 18.4. The van der Waals surface area contributed by atoms with Crippen LogP contribution in [0.15, 0.2) is 48.5 Å². The third-order valence-corrected chi connectivity index (χ3v) is 4.64. The zero-order valence-corrected chi connectivity index (χ0v) is 15.5. The Balaban J connectivity index is 1.97. The van der Waals surface area contributed by atoms with Gasteiger partial charge in [0.05, 0.1) is 5.88 Å². The minimum atomic E-state index is -0.354. The topological polar surface area (TPSA) is 59.8 Å². The van der Waals surface area contributed by atoms with E-state index in [1.165, 1.54) is 12.1 Å². The summed E-state index contributed by atoms with van der Waals surface area (Å²) in [5, 5.41) is 11.6. The Labute approximate surface area is 159 Å². The Morgan fingerprint density at radius 1 is 1.27 bits per heavy atom. The van der Waals surface area contributed by atoms with Gasteiger partial charge in [0.2, 0.25) is 0 Å². The number of carbonyl (C=O) groups excluding carboxylic acids is 1. The predicted molar refractivity (Wildman–Crippen MR) is 103 cm³/mol. The molecule has 0 aliphatic carbocycles. The highest BCUT2D eigenvalue weighted by atomic mass is 35.5. The third-order valence-electron chi connectivity index (χ3n) is 3.57. The molecule has 1 N–H and O–H groups in total. The van der Waals surface area contributed by atoms with Crippen LogP contribution in [0.5, 0.6) is 0 Å². The van der Waals surface area contributed by atoms with Crippen LogP contribution in [0, 0.1) is 5.82 Å². The standard InChI is InChI=1S/C18H16ClFN4OS/c1-2-26-11-24-17(18(25)21-15-5-3-4-13(19)10-15)16(22-23-24)12-6-8-14(20)9-7-12/h3-10H,2,11H2,1H3,(H,21,25). The number of carbonyl (C=O) groups is 1. The van der Waals surface area contributed by atoms with E-state index in [1.807, 2.05) is 6.92 Å². The summed E-state index contributed by atoms with van der Waals surface area (Å²) < 4.78 is 14.8. The molecule has 0 atom stereocenters. The summed E-state index contributed by atoms with van der Waals surface area (Å²) in [5.74, 6) is 0.658. The minimum absolute atomic E-state index is 0.317. The number of rotatable bonds is 6. The molecule has 0 fully saturated rings. The molecule has 134 valence electrons. The summed E-state index contributed by atoms with van der Waals surface area (Å²) >= 11 is 7.59. The third kappa shape index (κ3) is 4.23. The molecule has 5 nitrogen and oxygen atoms in total. The lowest BCUT2D eigenvalue weighted by atomic mass is 10.1. The molecule has 2 aromatic carbocycles. The van der Waals surface area contributed by atoms with Crippen molar-refractivity contribution in [2.75, 3.05) is 11.1 Å². The summed E-state index contributed by atoms with van der Waals surface area (Å²) in [7, 11) is 0. The first-order valence-electron chi connectivity index (χ1n) is 7.92. The lowest BCUT2D eigenvalue weighted by Crippen LogP contribution is -2.18. The second-order valence-corrected chi connectivity index (χ2v) is 7.06. The van der Waals surface area contributed by atoms with E-state index in [2.05, 4.69) is 15.6 Å². The first-order chi connectivity index (χ1) is 12.6. The Hall–Kier alpha value is -2.38. The Morgan fingerprint density at radius 2 is 2.04 bits per heavy atom. The molecule has 3 aromatic rings. The van der Waals surface area contributed by atoms with Crippen LogP contribution in [-0.4, -0.2) is 26.7 Å². The van der Waals surface area contributed by atoms with Crippen molar-refractivity contribution in [1.82, 2.24) is 15.0 Å². The Morgan fingerprint density at radius 3 is 2.73 bits per heavy atom. The SMILES string of the molecule is CCSCn1nnc(-c2ccc(F)cc2)c1C(=O)Nc1cccc(Cl)c1. The van der Waals surface area contributed by atoms with Gasteiger partial charge in [-0.15, -0.1) is 16.9 Å². The van der Waals surface area contributed by atoms with Gasteiger partial charge in [-0.3, -0.25) is 4.79 Å². The van der Waals surface area contributed by atoms with Crippen molar-refractivity contribution >= 4 is 35.0 Å². The molecule has 0 aliphatic heterocycles. The summed E-state index contributed by atoms with van der Waals surface area (Å²) in [5.41, 5.74) is 1.91. The maximum Gasteiger partial charge on any atom is 0.276 e. The Bertz CT molecular complexity index is 914. The van der Waals surface area contributed by atoms with Crippen molar-refractivity contribution in [1.29, 1.82) is 0 Å². The van der Waals surface area contributed by atoms with E-state index < -0.39 is 0 Å². The number of aromatic nitrogens is 3.